The van der Waals surface area contributed by atoms with Crippen molar-refractivity contribution in [1.29, 1.82) is 0 Å². The van der Waals surface area contributed by atoms with Gasteiger partial charge in [0.2, 0.25) is 5.91 Å². The lowest BCUT2D eigenvalue weighted by Crippen LogP contribution is -2.43. The molecule has 2 heterocycles. The second-order valence-corrected chi connectivity index (χ2v) is 8.12. The van der Waals surface area contributed by atoms with E-state index in [4.69, 9.17) is 4.74 Å². The molecule has 1 fully saturated rings. The number of nitrogens with zero attached hydrogens (tertiary/aromatic N) is 3. The molecule has 142 valence electrons. The molecule has 1 atom stereocenters. The van der Waals surface area contributed by atoms with Gasteiger partial charge in [-0.05, 0) is 18.9 Å². The third kappa shape index (κ3) is 5.43. The van der Waals surface area contributed by atoms with E-state index in [0.29, 0.717) is 19.4 Å². The molecule has 0 aromatic carbocycles. The quantitative estimate of drug-likeness (QED) is 0.655. The first-order valence-electron chi connectivity index (χ1n) is 7.72. The molecule has 1 aromatic heterocycles. The number of rotatable bonds is 7. The summed E-state index contributed by atoms with van der Waals surface area (Å²) in [6.45, 7) is 0.295. The van der Waals surface area contributed by atoms with Crippen molar-refractivity contribution in [2.75, 3.05) is 31.8 Å². The highest BCUT2D eigenvalue weighted by molar-refractivity contribution is 7.91. The van der Waals surface area contributed by atoms with Crippen molar-refractivity contribution >= 4 is 15.7 Å². The summed E-state index contributed by atoms with van der Waals surface area (Å²) in [6, 6.07) is 0.328. The van der Waals surface area contributed by atoms with Crippen LogP contribution in [0.3, 0.4) is 0 Å². The van der Waals surface area contributed by atoms with Gasteiger partial charge in [0.15, 0.2) is 15.5 Å². The first-order valence-corrected chi connectivity index (χ1v) is 9.54. The molecular weight excluding hydrogens is 363 g/mol. The Hall–Kier alpha value is -1.62. The van der Waals surface area contributed by atoms with E-state index < -0.39 is 33.7 Å². The van der Waals surface area contributed by atoms with Crippen LogP contribution in [0.2, 0.25) is 0 Å². The van der Waals surface area contributed by atoms with Gasteiger partial charge in [0.25, 0.3) is 0 Å². The molecule has 7 nitrogen and oxygen atoms in total. The van der Waals surface area contributed by atoms with E-state index in [9.17, 15) is 26.4 Å². The monoisotopic (exact) mass is 383 g/mol. The van der Waals surface area contributed by atoms with E-state index in [2.05, 4.69) is 5.10 Å². The summed E-state index contributed by atoms with van der Waals surface area (Å²) in [5.74, 6) is -0.584. The minimum atomic E-state index is -4.58. The average Bonchev–Trinajstić information content (AvgIpc) is 3.09. The van der Waals surface area contributed by atoms with Gasteiger partial charge in [0.1, 0.15) is 6.54 Å². The molecule has 0 spiro atoms. The number of alkyl halides is 3. The Balaban J connectivity index is 2.08. The van der Waals surface area contributed by atoms with Crippen molar-refractivity contribution in [3.05, 3.63) is 18.0 Å². The summed E-state index contributed by atoms with van der Waals surface area (Å²) in [4.78, 5) is 13.9. The van der Waals surface area contributed by atoms with Crippen LogP contribution in [0.15, 0.2) is 12.3 Å². The van der Waals surface area contributed by atoms with E-state index in [1.54, 1.807) is 0 Å². The Labute approximate surface area is 143 Å². The Morgan fingerprint density at radius 3 is 2.72 bits per heavy atom. The first kappa shape index (κ1) is 19.7. The van der Waals surface area contributed by atoms with Crippen LogP contribution in [-0.2, 0) is 32.1 Å². The van der Waals surface area contributed by atoms with Gasteiger partial charge in [-0.2, -0.15) is 18.3 Å². The van der Waals surface area contributed by atoms with Crippen LogP contribution in [-0.4, -0.2) is 66.8 Å². The molecule has 1 saturated heterocycles. The van der Waals surface area contributed by atoms with E-state index in [0.717, 1.165) is 16.9 Å². The number of ether oxygens (including phenoxy) is 1. The maximum absolute atomic E-state index is 12.6. The maximum Gasteiger partial charge on any atom is 0.435 e. The summed E-state index contributed by atoms with van der Waals surface area (Å²) < 4.78 is 66.9. The third-order valence-electron chi connectivity index (χ3n) is 3.95. The summed E-state index contributed by atoms with van der Waals surface area (Å²) in [7, 11) is -1.68. The molecule has 1 unspecified atom stereocenters. The summed E-state index contributed by atoms with van der Waals surface area (Å²) >= 11 is 0. The highest BCUT2D eigenvalue weighted by Gasteiger charge is 2.36. The molecule has 1 aliphatic heterocycles. The van der Waals surface area contributed by atoms with E-state index in [1.807, 2.05) is 0 Å². The third-order valence-corrected chi connectivity index (χ3v) is 5.70. The molecule has 0 N–H and O–H groups in total. The smallest absolute Gasteiger partial charge is 0.385 e. The molecular formula is C14H20F3N3O4S. The lowest BCUT2D eigenvalue weighted by atomic mass is 10.2. The number of hydrogen-bond donors (Lipinski definition) is 0. The molecule has 2 rings (SSSR count). The molecule has 25 heavy (non-hydrogen) atoms. The fourth-order valence-corrected chi connectivity index (χ4v) is 4.47. The zero-order valence-electron chi connectivity index (χ0n) is 13.7. The number of methoxy groups -OCH3 is 1. The molecule has 0 radical (unpaired) electrons. The number of aromatic nitrogens is 2. The van der Waals surface area contributed by atoms with Crippen LogP contribution in [0.5, 0.6) is 0 Å². The number of carbonyl (C=O) groups is 1. The molecule has 11 heteroatoms. The van der Waals surface area contributed by atoms with Gasteiger partial charge in [-0.15, -0.1) is 0 Å². The van der Waals surface area contributed by atoms with Crippen LogP contribution in [0.4, 0.5) is 13.2 Å². The Kier molecular flexibility index (Phi) is 6.09. The van der Waals surface area contributed by atoms with E-state index in [1.165, 1.54) is 12.0 Å². The van der Waals surface area contributed by atoms with Gasteiger partial charge in [-0.1, -0.05) is 0 Å². The SMILES string of the molecule is COCCCN(C(=O)Cn1ccc(C(F)(F)F)n1)C1CCS(=O)(=O)C1. The van der Waals surface area contributed by atoms with Crippen molar-refractivity contribution in [2.45, 2.75) is 31.6 Å². The number of carbonyl (C=O) groups excluding carboxylic acids is 1. The fourth-order valence-electron chi connectivity index (χ4n) is 2.74. The van der Waals surface area contributed by atoms with Gasteiger partial charge in [-0.3, -0.25) is 9.48 Å². The largest absolute Gasteiger partial charge is 0.435 e. The summed E-state index contributed by atoms with van der Waals surface area (Å²) in [6.07, 6.45) is -2.66. The first-order chi connectivity index (χ1) is 11.6. The summed E-state index contributed by atoms with van der Waals surface area (Å²) in [5.41, 5.74) is -1.07. The number of hydrogen-bond acceptors (Lipinski definition) is 5. The predicted octanol–water partition coefficient (Wildman–Crippen LogP) is 0.954. The van der Waals surface area contributed by atoms with Crippen LogP contribution in [0.25, 0.3) is 0 Å². The number of sulfone groups is 1. The molecule has 1 aromatic rings. The van der Waals surface area contributed by atoms with Crippen LogP contribution < -0.4 is 0 Å². The molecule has 1 amide bonds. The van der Waals surface area contributed by atoms with Crippen molar-refractivity contribution in [3.63, 3.8) is 0 Å². The number of amides is 1. The Morgan fingerprint density at radius 2 is 2.20 bits per heavy atom. The lowest BCUT2D eigenvalue weighted by Gasteiger charge is -2.28. The van der Waals surface area contributed by atoms with Gasteiger partial charge in [0.05, 0.1) is 11.5 Å². The second-order valence-electron chi connectivity index (χ2n) is 5.89. The van der Waals surface area contributed by atoms with Crippen molar-refractivity contribution in [1.82, 2.24) is 14.7 Å². The van der Waals surface area contributed by atoms with Crippen molar-refractivity contribution < 1.29 is 31.1 Å². The van der Waals surface area contributed by atoms with Gasteiger partial charge in [0, 0.05) is 32.5 Å². The molecule has 0 bridgehead atoms. The maximum atomic E-state index is 12.6. The van der Waals surface area contributed by atoms with Gasteiger partial charge >= 0.3 is 6.18 Å². The predicted molar refractivity (Wildman–Crippen MR) is 82.5 cm³/mol. The van der Waals surface area contributed by atoms with Crippen molar-refractivity contribution in [2.24, 2.45) is 0 Å². The van der Waals surface area contributed by atoms with Crippen molar-refractivity contribution in [3.8, 4) is 0 Å². The lowest BCUT2D eigenvalue weighted by molar-refractivity contribution is -0.142. The highest BCUT2D eigenvalue weighted by Crippen LogP contribution is 2.27. The van der Waals surface area contributed by atoms with E-state index in [-0.39, 0.29) is 24.6 Å². The minimum absolute atomic E-state index is 0.00567. The molecule has 0 saturated carbocycles. The number of halogens is 3. The molecule has 0 aliphatic carbocycles. The van der Waals surface area contributed by atoms with Gasteiger partial charge in [-0.25, -0.2) is 8.42 Å². The minimum Gasteiger partial charge on any atom is -0.385 e. The van der Waals surface area contributed by atoms with E-state index >= 15 is 0 Å². The van der Waals surface area contributed by atoms with Crippen LogP contribution >= 0.6 is 0 Å². The highest BCUT2D eigenvalue weighted by atomic mass is 32.2. The normalized spacial score (nSPS) is 19.9. The van der Waals surface area contributed by atoms with Gasteiger partial charge < -0.3 is 9.64 Å². The average molecular weight is 383 g/mol. The molecule has 1 aliphatic rings. The second kappa shape index (κ2) is 7.73. The van der Waals surface area contributed by atoms with Crippen LogP contribution in [0, 0.1) is 0 Å². The Bertz CT molecular complexity index is 702. The Morgan fingerprint density at radius 1 is 1.48 bits per heavy atom. The van der Waals surface area contributed by atoms with Crippen LogP contribution in [0.1, 0.15) is 18.5 Å². The zero-order chi connectivity index (χ0) is 18.7. The summed E-state index contributed by atoms with van der Waals surface area (Å²) in [5, 5.41) is 3.36. The standard InChI is InChI=1S/C14H20F3N3O4S/c1-24-7-2-5-20(11-4-8-25(22,23)10-11)13(21)9-19-6-3-12(18-19)14(15,16)17/h3,6,11H,2,4-5,7-10H2,1H3. The fraction of sp³-hybridized carbons (Fsp3) is 0.714. The zero-order valence-corrected chi connectivity index (χ0v) is 14.5. The topological polar surface area (TPSA) is 81.5 Å².